The lowest BCUT2D eigenvalue weighted by atomic mass is 10.0. The molecule has 2 aromatic carbocycles. The normalized spacial score (nSPS) is 22.2. The number of carbonyl (C=O) groups excluding carboxylic acids is 1. The van der Waals surface area contributed by atoms with Crippen molar-refractivity contribution in [3.63, 3.8) is 0 Å². The van der Waals surface area contributed by atoms with Gasteiger partial charge in [-0.3, -0.25) is 9.69 Å². The first kappa shape index (κ1) is 15.8. The number of benzene rings is 2. The third kappa shape index (κ3) is 3.30. The van der Waals surface area contributed by atoms with Gasteiger partial charge in [-0.2, -0.15) is 0 Å². The summed E-state index contributed by atoms with van der Waals surface area (Å²) in [6.07, 6.45) is -0.547. The van der Waals surface area contributed by atoms with E-state index < -0.39 is 12.0 Å². The average molecular weight is 314 g/mol. The van der Waals surface area contributed by atoms with Crippen LogP contribution in [0.1, 0.15) is 12.5 Å². The molecule has 0 spiro atoms. The first-order valence-corrected chi connectivity index (χ1v) is 7.80. The van der Waals surface area contributed by atoms with Crippen LogP contribution in [0.3, 0.4) is 0 Å². The van der Waals surface area contributed by atoms with E-state index in [0.29, 0.717) is 6.54 Å². The number of methoxy groups -OCH3 is 1. The number of fused-ring (bicyclic) bond motifs is 1. The summed E-state index contributed by atoms with van der Waals surface area (Å²) in [4.78, 5) is 13.7. The predicted octanol–water partition coefficient (Wildman–Crippen LogP) is 1.92. The molecule has 0 aliphatic carbocycles. The van der Waals surface area contributed by atoms with E-state index in [1.807, 2.05) is 25.1 Å². The number of ether oxygens (including phenoxy) is 2. The van der Waals surface area contributed by atoms with E-state index >= 15 is 0 Å². The number of hydrogen-bond donors (Lipinski definition) is 1. The Morgan fingerprint density at radius 1 is 1.26 bits per heavy atom. The van der Waals surface area contributed by atoms with Gasteiger partial charge in [0.05, 0.1) is 13.2 Å². The van der Waals surface area contributed by atoms with Crippen LogP contribution in [0.2, 0.25) is 0 Å². The summed E-state index contributed by atoms with van der Waals surface area (Å²) in [5, 5.41) is 2.27. The van der Waals surface area contributed by atoms with Crippen LogP contribution in [0.5, 0.6) is 5.75 Å². The number of carbonyl (C=O) groups is 1. The second-order valence-corrected chi connectivity index (χ2v) is 6.00. The maximum absolute atomic E-state index is 11.4. The van der Waals surface area contributed by atoms with Gasteiger partial charge in [0, 0.05) is 25.0 Å². The lowest BCUT2D eigenvalue weighted by Crippen LogP contribution is -2.51. The van der Waals surface area contributed by atoms with Crippen LogP contribution in [0.4, 0.5) is 0 Å². The molecule has 0 radical (unpaired) electrons. The molecule has 5 heteroatoms. The maximum Gasteiger partial charge on any atom is 0.247 e. The van der Waals surface area contributed by atoms with Crippen molar-refractivity contribution in [2.45, 2.75) is 25.7 Å². The van der Waals surface area contributed by atoms with Gasteiger partial charge < -0.3 is 15.2 Å². The van der Waals surface area contributed by atoms with Gasteiger partial charge in [0.25, 0.3) is 0 Å². The minimum absolute atomic E-state index is 0.00855. The van der Waals surface area contributed by atoms with Crippen LogP contribution in [0.15, 0.2) is 36.4 Å². The number of nitrogens with two attached hydrogens (primary N) is 1. The van der Waals surface area contributed by atoms with Crippen molar-refractivity contribution in [2.75, 3.05) is 20.2 Å². The number of rotatable bonds is 4. The Morgan fingerprint density at radius 2 is 2.00 bits per heavy atom. The lowest BCUT2D eigenvalue weighted by Gasteiger charge is -2.35. The molecule has 0 unspecified atom stereocenters. The van der Waals surface area contributed by atoms with Crippen LogP contribution < -0.4 is 10.5 Å². The fourth-order valence-corrected chi connectivity index (χ4v) is 3.22. The molecule has 1 heterocycles. The highest BCUT2D eigenvalue weighted by atomic mass is 16.5. The molecule has 2 aromatic rings. The average Bonchev–Trinajstić information content (AvgIpc) is 2.54. The van der Waals surface area contributed by atoms with E-state index in [0.717, 1.165) is 24.2 Å². The summed E-state index contributed by atoms with van der Waals surface area (Å²) in [7, 11) is 1.68. The number of hydrogen-bond acceptors (Lipinski definition) is 4. The van der Waals surface area contributed by atoms with Crippen molar-refractivity contribution >= 4 is 16.7 Å². The van der Waals surface area contributed by atoms with Crippen LogP contribution in [-0.4, -0.2) is 43.2 Å². The zero-order valence-electron chi connectivity index (χ0n) is 13.5. The molecule has 1 aliphatic rings. The molecule has 1 fully saturated rings. The quantitative estimate of drug-likeness (QED) is 0.936. The molecule has 0 saturated carbocycles. The smallest absolute Gasteiger partial charge is 0.247 e. The first-order valence-electron chi connectivity index (χ1n) is 7.80. The Bertz CT molecular complexity index is 716. The van der Waals surface area contributed by atoms with Crippen LogP contribution in [-0.2, 0) is 16.1 Å². The third-order valence-electron chi connectivity index (χ3n) is 4.24. The fourth-order valence-electron chi connectivity index (χ4n) is 3.22. The van der Waals surface area contributed by atoms with Gasteiger partial charge in [-0.1, -0.05) is 30.3 Å². The van der Waals surface area contributed by atoms with Crippen molar-refractivity contribution < 1.29 is 14.3 Å². The summed E-state index contributed by atoms with van der Waals surface area (Å²) in [6.45, 7) is 4.03. The van der Waals surface area contributed by atoms with E-state index in [-0.39, 0.29) is 6.10 Å². The third-order valence-corrected chi connectivity index (χ3v) is 4.24. The fraction of sp³-hybridized carbons (Fsp3) is 0.389. The van der Waals surface area contributed by atoms with Crippen molar-refractivity contribution in [3.05, 3.63) is 42.0 Å². The highest BCUT2D eigenvalue weighted by Gasteiger charge is 2.29. The van der Waals surface area contributed by atoms with Gasteiger partial charge in [-0.25, -0.2) is 0 Å². The van der Waals surface area contributed by atoms with Gasteiger partial charge in [0.2, 0.25) is 5.91 Å². The second-order valence-electron chi connectivity index (χ2n) is 6.00. The molecule has 0 bridgehead atoms. The zero-order valence-corrected chi connectivity index (χ0v) is 13.5. The van der Waals surface area contributed by atoms with Gasteiger partial charge in [0.1, 0.15) is 11.9 Å². The predicted molar refractivity (Wildman–Crippen MR) is 89.3 cm³/mol. The molecule has 122 valence electrons. The number of primary amides is 1. The van der Waals surface area contributed by atoms with E-state index in [4.69, 9.17) is 15.2 Å². The first-order chi connectivity index (χ1) is 11.1. The van der Waals surface area contributed by atoms with E-state index in [9.17, 15) is 4.79 Å². The van der Waals surface area contributed by atoms with Crippen LogP contribution in [0, 0.1) is 0 Å². The zero-order chi connectivity index (χ0) is 16.4. The summed E-state index contributed by atoms with van der Waals surface area (Å²) in [5.41, 5.74) is 6.61. The molecule has 5 nitrogen and oxygen atoms in total. The highest BCUT2D eigenvalue weighted by Crippen LogP contribution is 2.29. The molecule has 23 heavy (non-hydrogen) atoms. The van der Waals surface area contributed by atoms with Crippen molar-refractivity contribution in [2.24, 2.45) is 5.73 Å². The SMILES string of the molecule is COc1ccc(CN2C[C@@H](C)O[C@@H](C(N)=O)C2)c2ccccc12. The monoisotopic (exact) mass is 314 g/mol. The molecule has 3 rings (SSSR count). The van der Waals surface area contributed by atoms with Gasteiger partial charge in [-0.15, -0.1) is 0 Å². The molecule has 0 aromatic heterocycles. The Morgan fingerprint density at radius 3 is 2.70 bits per heavy atom. The summed E-state index contributed by atoms with van der Waals surface area (Å²) < 4.78 is 11.0. The van der Waals surface area contributed by atoms with Crippen molar-refractivity contribution in [1.29, 1.82) is 0 Å². The van der Waals surface area contributed by atoms with E-state index in [2.05, 4.69) is 23.1 Å². The summed E-state index contributed by atoms with van der Waals surface area (Å²) in [5.74, 6) is 0.468. The highest BCUT2D eigenvalue weighted by molar-refractivity contribution is 5.91. The Kier molecular flexibility index (Phi) is 4.50. The largest absolute Gasteiger partial charge is 0.496 e. The maximum atomic E-state index is 11.4. The van der Waals surface area contributed by atoms with Crippen molar-refractivity contribution in [1.82, 2.24) is 4.90 Å². The number of morpholine rings is 1. The molecular formula is C18H22N2O3. The minimum Gasteiger partial charge on any atom is -0.496 e. The number of amides is 1. The Labute approximate surface area is 136 Å². The standard InChI is InChI=1S/C18H22N2O3/c1-12-9-20(11-17(23-12)18(19)21)10-13-7-8-16(22-2)15-6-4-3-5-14(13)15/h3-8,12,17H,9-11H2,1-2H3,(H2,19,21)/t12-,17-/m1/s1. The van der Waals surface area contributed by atoms with Crippen LogP contribution >= 0.6 is 0 Å². The second kappa shape index (κ2) is 6.56. The Balaban J connectivity index is 1.88. The molecular weight excluding hydrogens is 292 g/mol. The molecule has 2 N–H and O–H groups in total. The van der Waals surface area contributed by atoms with Gasteiger partial charge in [-0.05, 0) is 23.9 Å². The van der Waals surface area contributed by atoms with Gasteiger partial charge >= 0.3 is 0 Å². The van der Waals surface area contributed by atoms with E-state index in [1.54, 1.807) is 7.11 Å². The van der Waals surface area contributed by atoms with E-state index in [1.165, 1.54) is 10.9 Å². The number of nitrogens with zero attached hydrogens (tertiary/aromatic N) is 1. The van der Waals surface area contributed by atoms with Crippen molar-refractivity contribution in [3.8, 4) is 5.75 Å². The van der Waals surface area contributed by atoms with Crippen LogP contribution in [0.25, 0.3) is 10.8 Å². The summed E-state index contributed by atoms with van der Waals surface area (Å²) >= 11 is 0. The summed E-state index contributed by atoms with van der Waals surface area (Å²) in [6, 6.07) is 12.3. The molecule has 1 amide bonds. The molecule has 1 aliphatic heterocycles. The topological polar surface area (TPSA) is 64.8 Å². The minimum atomic E-state index is -0.539. The lowest BCUT2D eigenvalue weighted by molar-refractivity contribution is -0.142. The molecule has 1 saturated heterocycles. The Hall–Kier alpha value is -2.11. The van der Waals surface area contributed by atoms with Gasteiger partial charge in [0.15, 0.2) is 0 Å². The molecule has 2 atom stereocenters.